The third kappa shape index (κ3) is 64.1. The molecule has 524 valence electrons. The van der Waals surface area contributed by atoms with Crippen molar-refractivity contribution in [3.8, 4) is 0 Å². The van der Waals surface area contributed by atoms with Crippen LogP contribution in [0.4, 0.5) is 0 Å². The molecule has 0 fully saturated rings. The van der Waals surface area contributed by atoms with E-state index in [1.54, 1.807) is 0 Å². The first-order valence-corrected chi connectivity index (χ1v) is 38.9. The van der Waals surface area contributed by atoms with Gasteiger partial charge in [0.15, 0.2) is 12.2 Å². The van der Waals surface area contributed by atoms with Gasteiger partial charge in [-0.25, -0.2) is 9.13 Å². The first-order valence-electron chi connectivity index (χ1n) is 36.0. The number of hydrogen-bond donors (Lipinski definition) is 3. The molecule has 0 aromatic rings. The number of aliphatic hydroxyl groups excluding tert-OH is 1. The summed E-state index contributed by atoms with van der Waals surface area (Å²) in [5, 5.41) is 10.6. The number of carbonyl (C=O) groups excluding carboxylic acids is 4. The van der Waals surface area contributed by atoms with Gasteiger partial charge in [-0.2, -0.15) is 0 Å². The zero-order valence-electron chi connectivity index (χ0n) is 57.0. The molecule has 5 atom stereocenters. The number of esters is 4. The predicted molar refractivity (Wildman–Crippen MR) is 358 cm³/mol. The lowest BCUT2D eigenvalue weighted by molar-refractivity contribution is -0.161. The van der Waals surface area contributed by atoms with E-state index in [1.807, 2.05) is 0 Å². The molecule has 0 aliphatic rings. The molecule has 0 aliphatic carbocycles. The van der Waals surface area contributed by atoms with E-state index in [0.29, 0.717) is 25.7 Å². The number of carbonyl (C=O) groups is 4. The van der Waals surface area contributed by atoms with Crippen LogP contribution < -0.4 is 0 Å². The standard InChI is InChI=1S/C70H132O17P2/c1-6-9-12-15-18-21-23-24-25-26-30-36-41-46-51-56-70(75)87-66(60-81-68(73)54-49-44-39-34-31-27-29-33-37-42-47-52-63(4)5)62-85-89(78,79)83-58-64(71)57-82-88(76,77)84-61-65(59-80-67(72)53-48-43-38-32-20-17-14-11-8-3)86-69(74)55-50-45-40-35-28-22-19-16-13-10-7-2/h21,23-25,63-66,71H,6-20,22,26-62H2,1-5H3,(H,76,77)(H,78,79)/b23-21-,25-24-/t64-,65+,66+/m0/s1. The van der Waals surface area contributed by atoms with E-state index in [1.165, 1.54) is 148 Å². The van der Waals surface area contributed by atoms with E-state index in [2.05, 4.69) is 58.9 Å². The van der Waals surface area contributed by atoms with Gasteiger partial charge in [-0.3, -0.25) is 37.3 Å². The molecule has 0 radical (unpaired) electrons. The van der Waals surface area contributed by atoms with Gasteiger partial charge < -0.3 is 33.8 Å². The van der Waals surface area contributed by atoms with Crippen LogP contribution in [0.1, 0.15) is 336 Å². The van der Waals surface area contributed by atoms with Crippen LogP contribution in [0.2, 0.25) is 0 Å². The van der Waals surface area contributed by atoms with Crippen molar-refractivity contribution >= 4 is 39.5 Å². The maximum absolute atomic E-state index is 13.0. The summed E-state index contributed by atoms with van der Waals surface area (Å²) in [6, 6.07) is 0. The van der Waals surface area contributed by atoms with Crippen LogP contribution in [0.3, 0.4) is 0 Å². The number of rotatable bonds is 68. The van der Waals surface area contributed by atoms with Crippen molar-refractivity contribution in [2.75, 3.05) is 39.6 Å². The highest BCUT2D eigenvalue weighted by atomic mass is 31.2. The Balaban J connectivity index is 5.27. The number of unbranched alkanes of at least 4 members (excludes halogenated alkanes) is 37. The SMILES string of the molecule is CCCCCC/C=C\C=C/CCCCCCCC(=O)O[C@H](COC(=O)CCCCCCCCCCCCCC(C)C)COP(=O)(O)OC[C@@H](O)COP(=O)(O)OC[C@@H](COC(=O)CCCCCCCCCCC)OC(=O)CCCCCCCCCCCCC. The van der Waals surface area contributed by atoms with E-state index in [-0.39, 0.29) is 25.7 Å². The summed E-state index contributed by atoms with van der Waals surface area (Å²) in [5.74, 6) is -1.39. The van der Waals surface area contributed by atoms with E-state index < -0.39 is 97.5 Å². The third-order valence-electron chi connectivity index (χ3n) is 15.7. The van der Waals surface area contributed by atoms with Crippen molar-refractivity contribution in [3.63, 3.8) is 0 Å². The summed E-state index contributed by atoms with van der Waals surface area (Å²) in [7, 11) is -9.91. The normalized spacial score (nSPS) is 14.3. The van der Waals surface area contributed by atoms with Gasteiger partial charge in [0.2, 0.25) is 0 Å². The Labute approximate surface area is 542 Å². The van der Waals surface area contributed by atoms with Gasteiger partial charge in [-0.1, -0.05) is 284 Å². The van der Waals surface area contributed by atoms with E-state index >= 15 is 0 Å². The summed E-state index contributed by atoms with van der Waals surface area (Å²) >= 11 is 0. The Morgan fingerprint density at radius 1 is 0.348 bits per heavy atom. The highest BCUT2D eigenvalue weighted by molar-refractivity contribution is 7.47. The fourth-order valence-electron chi connectivity index (χ4n) is 10.1. The number of ether oxygens (including phenoxy) is 4. The summed E-state index contributed by atoms with van der Waals surface area (Å²) in [6.07, 6.45) is 52.0. The number of phosphoric acid groups is 2. The molecule has 0 rings (SSSR count). The largest absolute Gasteiger partial charge is 0.472 e. The van der Waals surface area contributed by atoms with Crippen molar-refractivity contribution < 1.29 is 80.2 Å². The minimum atomic E-state index is -4.96. The summed E-state index contributed by atoms with van der Waals surface area (Å²) in [5.41, 5.74) is 0. The van der Waals surface area contributed by atoms with Gasteiger partial charge in [0, 0.05) is 25.7 Å². The summed E-state index contributed by atoms with van der Waals surface area (Å²) in [4.78, 5) is 72.4. The molecule has 17 nitrogen and oxygen atoms in total. The Kier molecular flexibility index (Phi) is 61.2. The number of aliphatic hydroxyl groups is 1. The quantitative estimate of drug-likeness (QED) is 0.0169. The second-order valence-electron chi connectivity index (χ2n) is 25.1. The molecule has 0 bridgehead atoms. The second-order valence-corrected chi connectivity index (χ2v) is 28.0. The third-order valence-corrected chi connectivity index (χ3v) is 17.6. The van der Waals surface area contributed by atoms with E-state index in [0.717, 1.165) is 109 Å². The molecule has 89 heavy (non-hydrogen) atoms. The highest BCUT2D eigenvalue weighted by Crippen LogP contribution is 2.45. The Morgan fingerprint density at radius 3 is 0.921 bits per heavy atom. The second kappa shape index (κ2) is 63.0. The summed E-state index contributed by atoms with van der Waals surface area (Å²) in [6.45, 7) is 7.16. The maximum Gasteiger partial charge on any atom is 0.472 e. The molecular weight excluding hydrogens is 1170 g/mol. The Hall–Kier alpha value is -2.46. The van der Waals surface area contributed by atoms with Gasteiger partial charge in [0.1, 0.15) is 19.3 Å². The zero-order valence-corrected chi connectivity index (χ0v) is 58.8. The minimum absolute atomic E-state index is 0.0851. The first-order chi connectivity index (χ1) is 43.0. The fourth-order valence-corrected chi connectivity index (χ4v) is 11.7. The average molecular weight is 1310 g/mol. The molecule has 0 spiro atoms. The van der Waals surface area contributed by atoms with Gasteiger partial charge in [-0.05, 0) is 57.3 Å². The van der Waals surface area contributed by atoms with Gasteiger partial charge in [0.25, 0.3) is 0 Å². The minimum Gasteiger partial charge on any atom is -0.462 e. The highest BCUT2D eigenvalue weighted by Gasteiger charge is 2.30. The topological polar surface area (TPSA) is 237 Å². The molecule has 2 unspecified atom stereocenters. The Bertz CT molecular complexity index is 1810. The van der Waals surface area contributed by atoms with Crippen molar-refractivity contribution in [2.45, 2.75) is 355 Å². The fraction of sp³-hybridized carbons (Fsp3) is 0.886. The van der Waals surface area contributed by atoms with E-state index in [4.69, 9.17) is 37.0 Å². The van der Waals surface area contributed by atoms with Crippen molar-refractivity contribution in [1.29, 1.82) is 0 Å². The smallest absolute Gasteiger partial charge is 0.462 e. The molecule has 0 aliphatic heterocycles. The molecule has 3 N–H and O–H groups in total. The van der Waals surface area contributed by atoms with Crippen molar-refractivity contribution in [2.24, 2.45) is 5.92 Å². The first kappa shape index (κ1) is 86.5. The van der Waals surface area contributed by atoms with Crippen LogP contribution in [0.15, 0.2) is 24.3 Å². The van der Waals surface area contributed by atoms with Crippen LogP contribution in [-0.2, 0) is 65.4 Å². The van der Waals surface area contributed by atoms with Gasteiger partial charge in [-0.15, -0.1) is 0 Å². The maximum atomic E-state index is 13.0. The number of hydrogen-bond acceptors (Lipinski definition) is 15. The van der Waals surface area contributed by atoms with Crippen LogP contribution in [0.5, 0.6) is 0 Å². The van der Waals surface area contributed by atoms with Gasteiger partial charge in [0.05, 0.1) is 26.4 Å². The lowest BCUT2D eigenvalue weighted by Gasteiger charge is -2.21. The molecule has 0 aromatic heterocycles. The van der Waals surface area contributed by atoms with Crippen LogP contribution in [0.25, 0.3) is 0 Å². The van der Waals surface area contributed by atoms with Crippen LogP contribution in [-0.4, -0.2) is 96.7 Å². The monoisotopic (exact) mass is 1310 g/mol. The average Bonchev–Trinajstić information content (AvgIpc) is 3.61. The number of allylic oxidation sites excluding steroid dienone is 4. The molecule has 0 saturated heterocycles. The molecule has 0 saturated carbocycles. The lowest BCUT2D eigenvalue weighted by atomic mass is 10.0. The van der Waals surface area contributed by atoms with Crippen molar-refractivity contribution in [1.82, 2.24) is 0 Å². The predicted octanol–water partition coefficient (Wildman–Crippen LogP) is 19.7. The zero-order chi connectivity index (χ0) is 65.6. The van der Waals surface area contributed by atoms with Gasteiger partial charge >= 0.3 is 39.5 Å². The Morgan fingerprint density at radius 2 is 0.607 bits per heavy atom. The molecule has 0 heterocycles. The molecule has 0 amide bonds. The lowest BCUT2D eigenvalue weighted by Crippen LogP contribution is -2.30. The van der Waals surface area contributed by atoms with Crippen LogP contribution in [0, 0.1) is 5.92 Å². The molecular formula is C70H132O17P2. The van der Waals surface area contributed by atoms with Crippen LogP contribution >= 0.6 is 15.6 Å². The summed E-state index contributed by atoms with van der Waals surface area (Å²) < 4.78 is 68.2. The molecule has 0 aromatic carbocycles. The molecule has 19 heteroatoms. The van der Waals surface area contributed by atoms with E-state index in [9.17, 15) is 43.2 Å². The van der Waals surface area contributed by atoms with Crippen molar-refractivity contribution in [3.05, 3.63) is 24.3 Å². The number of phosphoric ester groups is 2.